The van der Waals surface area contributed by atoms with Gasteiger partial charge in [0.1, 0.15) is 0 Å². The van der Waals surface area contributed by atoms with Crippen LogP contribution in [0.3, 0.4) is 0 Å². The number of amides is 2. The number of hydrogen-bond acceptors (Lipinski definition) is 4. The van der Waals surface area contributed by atoms with Crippen LogP contribution in [0.15, 0.2) is 0 Å². The van der Waals surface area contributed by atoms with Crippen molar-refractivity contribution in [3.8, 4) is 0 Å². The van der Waals surface area contributed by atoms with Crippen molar-refractivity contribution in [1.82, 2.24) is 15.1 Å². The summed E-state index contributed by atoms with van der Waals surface area (Å²) in [4.78, 5) is 27.1. The van der Waals surface area contributed by atoms with E-state index in [1.165, 1.54) is 0 Å². The fourth-order valence-electron chi connectivity index (χ4n) is 1.86. The van der Waals surface area contributed by atoms with Gasteiger partial charge in [-0.3, -0.25) is 9.59 Å². The van der Waals surface area contributed by atoms with Gasteiger partial charge < -0.3 is 19.9 Å². The lowest BCUT2D eigenvalue weighted by molar-refractivity contribution is -0.162. The SMILES string of the molecule is CNC(=O)C1(C)CN(C(=O)CN(C)C)CCO1. The van der Waals surface area contributed by atoms with Gasteiger partial charge >= 0.3 is 0 Å². The largest absolute Gasteiger partial charge is 0.362 e. The highest BCUT2D eigenvalue weighted by molar-refractivity contribution is 5.86. The molecule has 0 aromatic rings. The highest BCUT2D eigenvalue weighted by Gasteiger charge is 2.40. The van der Waals surface area contributed by atoms with E-state index in [0.29, 0.717) is 26.2 Å². The molecule has 0 bridgehead atoms. The molecule has 1 unspecified atom stereocenters. The molecule has 0 aliphatic carbocycles. The number of hydrogen-bond donors (Lipinski definition) is 1. The van der Waals surface area contributed by atoms with Crippen LogP contribution < -0.4 is 5.32 Å². The van der Waals surface area contributed by atoms with E-state index in [9.17, 15) is 9.59 Å². The normalized spacial score (nSPS) is 24.9. The molecule has 1 atom stereocenters. The molecule has 98 valence electrons. The van der Waals surface area contributed by atoms with Crippen LogP contribution in [-0.4, -0.2) is 74.6 Å². The van der Waals surface area contributed by atoms with Gasteiger partial charge in [-0.15, -0.1) is 0 Å². The van der Waals surface area contributed by atoms with E-state index in [4.69, 9.17) is 4.74 Å². The summed E-state index contributed by atoms with van der Waals surface area (Å²) in [6.45, 7) is 3.30. The molecular weight excluding hydrogens is 222 g/mol. The molecule has 0 spiro atoms. The Morgan fingerprint density at radius 3 is 2.65 bits per heavy atom. The Kier molecular flexibility index (Phi) is 4.47. The van der Waals surface area contributed by atoms with Crippen molar-refractivity contribution < 1.29 is 14.3 Å². The number of carbonyl (C=O) groups is 2. The standard InChI is InChI=1S/C11H21N3O3/c1-11(10(16)12-2)8-14(5-6-17-11)9(15)7-13(3)4/h5-8H2,1-4H3,(H,12,16). The minimum atomic E-state index is -0.936. The van der Waals surface area contributed by atoms with Crippen molar-refractivity contribution in [3.05, 3.63) is 0 Å². The number of morpholine rings is 1. The summed E-state index contributed by atoms with van der Waals surface area (Å²) >= 11 is 0. The molecule has 1 fully saturated rings. The molecule has 1 heterocycles. The van der Waals surface area contributed by atoms with Gasteiger partial charge in [0.05, 0.1) is 19.7 Å². The zero-order chi connectivity index (χ0) is 13.1. The molecule has 0 radical (unpaired) electrons. The zero-order valence-corrected chi connectivity index (χ0v) is 10.9. The second-order valence-corrected chi connectivity index (χ2v) is 4.71. The maximum Gasteiger partial charge on any atom is 0.253 e. The minimum absolute atomic E-state index is 0.0217. The van der Waals surface area contributed by atoms with Gasteiger partial charge in [-0.2, -0.15) is 0 Å². The van der Waals surface area contributed by atoms with Crippen molar-refractivity contribution in [1.29, 1.82) is 0 Å². The molecule has 0 aromatic heterocycles. The number of nitrogens with one attached hydrogen (secondary N) is 1. The van der Waals surface area contributed by atoms with E-state index in [1.54, 1.807) is 18.9 Å². The minimum Gasteiger partial charge on any atom is -0.362 e. The van der Waals surface area contributed by atoms with E-state index < -0.39 is 5.60 Å². The molecule has 1 rings (SSSR count). The lowest BCUT2D eigenvalue weighted by Gasteiger charge is -2.39. The summed E-state index contributed by atoms with van der Waals surface area (Å²) in [5, 5.41) is 2.56. The first kappa shape index (κ1) is 13.9. The Morgan fingerprint density at radius 1 is 1.47 bits per heavy atom. The van der Waals surface area contributed by atoms with E-state index in [-0.39, 0.29) is 11.8 Å². The second kappa shape index (κ2) is 5.46. The fourth-order valence-corrected chi connectivity index (χ4v) is 1.86. The average Bonchev–Trinajstić information content (AvgIpc) is 2.27. The van der Waals surface area contributed by atoms with Gasteiger partial charge in [0.15, 0.2) is 5.60 Å². The smallest absolute Gasteiger partial charge is 0.253 e. The fraction of sp³-hybridized carbons (Fsp3) is 0.818. The van der Waals surface area contributed by atoms with Crippen LogP contribution in [0.25, 0.3) is 0 Å². The van der Waals surface area contributed by atoms with E-state index in [0.717, 1.165) is 0 Å². The molecule has 0 aromatic carbocycles. The molecule has 6 heteroatoms. The summed E-state index contributed by atoms with van der Waals surface area (Å²) in [5.41, 5.74) is -0.936. The summed E-state index contributed by atoms with van der Waals surface area (Å²) in [7, 11) is 5.25. The van der Waals surface area contributed by atoms with Gasteiger partial charge in [-0.1, -0.05) is 0 Å². The van der Waals surface area contributed by atoms with Crippen LogP contribution >= 0.6 is 0 Å². The zero-order valence-electron chi connectivity index (χ0n) is 10.9. The summed E-state index contributed by atoms with van der Waals surface area (Å²) in [6.07, 6.45) is 0. The van der Waals surface area contributed by atoms with Crippen molar-refractivity contribution >= 4 is 11.8 Å². The molecule has 2 amide bonds. The maximum absolute atomic E-state index is 11.9. The molecule has 17 heavy (non-hydrogen) atoms. The third-order valence-corrected chi connectivity index (χ3v) is 2.79. The summed E-state index contributed by atoms with van der Waals surface area (Å²) in [6, 6.07) is 0. The Balaban J connectivity index is 2.66. The van der Waals surface area contributed by atoms with Gasteiger partial charge in [0.2, 0.25) is 5.91 Å². The number of rotatable bonds is 3. The van der Waals surface area contributed by atoms with Gasteiger partial charge in [0.25, 0.3) is 5.91 Å². The average molecular weight is 243 g/mol. The quantitative estimate of drug-likeness (QED) is 0.684. The third kappa shape index (κ3) is 3.41. The van der Waals surface area contributed by atoms with Crippen molar-refractivity contribution in [2.45, 2.75) is 12.5 Å². The van der Waals surface area contributed by atoms with Crippen LogP contribution in [0, 0.1) is 0 Å². The molecule has 1 aliphatic rings. The predicted molar refractivity (Wildman–Crippen MR) is 63.6 cm³/mol. The van der Waals surface area contributed by atoms with Crippen LogP contribution in [0.2, 0.25) is 0 Å². The van der Waals surface area contributed by atoms with Crippen LogP contribution in [0.4, 0.5) is 0 Å². The highest BCUT2D eigenvalue weighted by Crippen LogP contribution is 2.17. The highest BCUT2D eigenvalue weighted by atomic mass is 16.5. The first-order valence-corrected chi connectivity index (χ1v) is 5.67. The van der Waals surface area contributed by atoms with Gasteiger partial charge in [-0.05, 0) is 21.0 Å². The first-order chi connectivity index (χ1) is 7.89. The molecule has 6 nitrogen and oxygen atoms in total. The lowest BCUT2D eigenvalue weighted by atomic mass is 10.0. The van der Waals surface area contributed by atoms with E-state index >= 15 is 0 Å². The molecule has 0 saturated carbocycles. The second-order valence-electron chi connectivity index (χ2n) is 4.71. The number of likely N-dealkylation sites (N-methyl/N-ethyl adjacent to an activating group) is 2. The van der Waals surface area contributed by atoms with E-state index in [2.05, 4.69) is 5.32 Å². The van der Waals surface area contributed by atoms with Crippen molar-refractivity contribution in [3.63, 3.8) is 0 Å². The van der Waals surface area contributed by atoms with Gasteiger partial charge in [-0.25, -0.2) is 0 Å². The number of carbonyl (C=O) groups excluding carboxylic acids is 2. The molecule has 1 N–H and O–H groups in total. The van der Waals surface area contributed by atoms with Gasteiger partial charge in [0, 0.05) is 13.6 Å². The lowest BCUT2D eigenvalue weighted by Crippen LogP contribution is -2.59. The summed E-state index contributed by atoms with van der Waals surface area (Å²) in [5.74, 6) is -0.173. The summed E-state index contributed by atoms with van der Waals surface area (Å²) < 4.78 is 5.48. The number of ether oxygens (including phenoxy) is 1. The molecule has 1 aliphatic heterocycles. The Labute approximate surface area is 102 Å². The van der Waals surface area contributed by atoms with Crippen LogP contribution in [0.5, 0.6) is 0 Å². The molecule has 1 saturated heterocycles. The third-order valence-electron chi connectivity index (χ3n) is 2.79. The Hall–Kier alpha value is -1.14. The number of nitrogens with zero attached hydrogens (tertiary/aromatic N) is 2. The van der Waals surface area contributed by atoms with Crippen molar-refractivity contribution in [2.24, 2.45) is 0 Å². The van der Waals surface area contributed by atoms with Crippen LogP contribution in [0.1, 0.15) is 6.92 Å². The Morgan fingerprint density at radius 2 is 2.12 bits per heavy atom. The topological polar surface area (TPSA) is 61.9 Å². The molecular formula is C11H21N3O3. The predicted octanol–water partition coefficient (Wildman–Crippen LogP) is -1.09. The first-order valence-electron chi connectivity index (χ1n) is 5.67. The maximum atomic E-state index is 11.9. The van der Waals surface area contributed by atoms with Crippen LogP contribution in [-0.2, 0) is 14.3 Å². The van der Waals surface area contributed by atoms with E-state index in [1.807, 2.05) is 19.0 Å². The Bertz CT molecular complexity index is 306. The van der Waals surface area contributed by atoms with Crippen molar-refractivity contribution in [2.75, 3.05) is 47.4 Å². The monoisotopic (exact) mass is 243 g/mol.